The van der Waals surface area contributed by atoms with Gasteiger partial charge in [-0.05, 0) is 33.3 Å². The number of carbonyl (C=O) groups excluding carboxylic acids is 1. The molecule has 0 unspecified atom stereocenters. The van der Waals surface area contributed by atoms with Gasteiger partial charge in [0, 0.05) is 18.8 Å². The lowest BCUT2D eigenvalue weighted by Gasteiger charge is -2.12. The minimum atomic E-state index is -0.0695. The summed E-state index contributed by atoms with van der Waals surface area (Å²) in [7, 11) is 0. The van der Waals surface area contributed by atoms with Crippen LogP contribution >= 0.6 is 0 Å². The van der Waals surface area contributed by atoms with E-state index < -0.39 is 0 Å². The van der Waals surface area contributed by atoms with Crippen LogP contribution in [0.4, 0.5) is 5.69 Å². The highest BCUT2D eigenvalue weighted by molar-refractivity contribution is 5.93. The molecule has 1 heterocycles. The molecular formula is C13H21N3O. The molecule has 0 bridgehead atoms. The molecule has 0 aromatic carbocycles. The van der Waals surface area contributed by atoms with Crippen molar-refractivity contribution in [3.63, 3.8) is 0 Å². The van der Waals surface area contributed by atoms with Crippen LogP contribution in [0.1, 0.15) is 43.7 Å². The van der Waals surface area contributed by atoms with Gasteiger partial charge in [-0.1, -0.05) is 12.2 Å². The number of hydrogen-bond donors (Lipinski definition) is 2. The summed E-state index contributed by atoms with van der Waals surface area (Å²) in [5.41, 5.74) is 6.96. The summed E-state index contributed by atoms with van der Waals surface area (Å²) in [4.78, 5) is 11.9. The molecule has 0 radical (unpaired) electrons. The highest BCUT2D eigenvalue weighted by Gasteiger charge is 2.13. The molecule has 0 atom stereocenters. The predicted octanol–water partition coefficient (Wildman–Crippen LogP) is 2.35. The largest absolute Gasteiger partial charge is 0.397 e. The smallest absolute Gasteiger partial charge is 0.268 e. The standard InChI is InChI=1S/C13H21N3O/c1-4-5-6-7-15-13(17)12-8-11(14)9-16(12)10(2)3/h4-5,8-10H,6-7,14H2,1-3H3,(H,15,17)/b5-4+. The van der Waals surface area contributed by atoms with Crippen molar-refractivity contribution in [2.24, 2.45) is 0 Å². The van der Waals surface area contributed by atoms with Gasteiger partial charge in [-0.25, -0.2) is 0 Å². The van der Waals surface area contributed by atoms with Gasteiger partial charge in [0.2, 0.25) is 0 Å². The molecule has 3 N–H and O–H groups in total. The molecule has 0 aliphatic carbocycles. The molecule has 0 spiro atoms. The van der Waals surface area contributed by atoms with Crippen LogP contribution in [-0.4, -0.2) is 17.0 Å². The number of nitrogens with one attached hydrogen (secondary N) is 1. The molecule has 94 valence electrons. The van der Waals surface area contributed by atoms with Crippen molar-refractivity contribution in [2.75, 3.05) is 12.3 Å². The lowest BCUT2D eigenvalue weighted by Crippen LogP contribution is -2.26. The minimum absolute atomic E-state index is 0.0695. The van der Waals surface area contributed by atoms with Crippen LogP contribution in [0.15, 0.2) is 24.4 Å². The first-order valence-corrected chi connectivity index (χ1v) is 5.93. The van der Waals surface area contributed by atoms with E-state index in [9.17, 15) is 4.79 Å². The molecule has 0 aliphatic rings. The molecule has 1 aromatic heterocycles. The zero-order valence-corrected chi connectivity index (χ0v) is 10.7. The van der Waals surface area contributed by atoms with Crippen molar-refractivity contribution in [3.8, 4) is 0 Å². The average Bonchev–Trinajstić information content (AvgIpc) is 2.66. The molecule has 0 saturated heterocycles. The zero-order chi connectivity index (χ0) is 12.8. The number of nitrogens with zero attached hydrogens (tertiary/aromatic N) is 1. The second-order valence-electron chi connectivity index (χ2n) is 4.27. The number of hydrogen-bond acceptors (Lipinski definition) is 2. The third kappa shape index (κ3) is 3.66. The Morgan fingerprint density at radius 3 is 2.88 bits per heavy atom. The summed E-state index contributed by atoms with van der Waals surface area (Å²) in [5, 5.41) is 2.88. The van der Waals surface area contributed by atoms with Gasteiger partial charge < -0.3 is 15.6 Å². The lowest BCUT2D eigenvalue weighted by atomic mass is 10.3. The Morgan fingerprint density at radius 1 is 1.59 bits per heavy atom. The zero-order valence-electron chi connectivity index (χ0n) is 10.7. The number of carbonyl (C=O) groups is 1. The molecule has 17 heavy (non-hydrogen) atoms. The van der Waals surface area contributed by atoms with Crippen LogP contribution in [0.25, 0.3) is 0 Å². The number of nitrogen functional groups attached to an aromatic ring is 1. The Balaban J connectivity index is 2.68. The summed E-state index contributed by atoms with van der Waals surface area (Å²) in [6.45, 7) is 6.66. The van der Waals surface area contributed by atoms with E-state index in [2.05, 4.69) is 5.32 Å². The van der Waals surface area contributed by atoms with Crippen LogP contribution in [-0.2, 0) is 0 Å². The number of anilines is 1. The van der Waals surface area contributed by atoms with Crippen LogP contribution in [0.2, 0.25) is 0 Å². The Hall–Kier alpha value is -1.71. The molecule has 1 rings (SSSR count). The number of amides is 1. The maximum Gasteiger partial charge on any atom is 0.268 e. The summed E-state index contributed by atoms with van der Waals surface area (Å²) >= 11 is 0. The number of rotatable bonds is 5. The van der Waals surface area contributed by atoms with E-state index in [0.717, 1.165) is 6.42 Å². The fourth-order valence-electron chi connectivity index (χ4n) is 1.64. The topological polar surface area (TPSA) is 60.1 Å². The minimum Gasteiger partial charge on any atom is -0.397 e. The van der Waals surface area contributed by atoms with Gasteiger partial charge in [0.05, 0.1) is 5.69 Å². The fraction of sp³-hybridized carbons (Fsp3) is 0.462. The third-order valence-corrected chi connectivity index (χ3v) is 2.49. The summed E-state index contributed by atoms with van der Waals surface area (Å²) < 4.78 is 1.89. The number of aromatic nitrogens is 1. The molecule has 0 aliphatic heterocycles. The van der Waals surface area contributed by atoms with Gasteiger partial charge in [0.1, 0.15) is 5.69 Å². The summed E-state index contributed by atoms with van der Waals surface area (Å²) in [6.07, 6.45) is 6.64. The summed E-state index contributed by atoms with van der Waals surface area (Å²) in [5.74, 6) is -0.0695. The molecular weight excluding hydrogens is 214 g/mol. The fourth-order valence-corrected chi connectivity index (χ4v) is 1.64. The van der Waals surface area contributed by atoms with E-state index in [4.69, 9.17) is 5.73 Å². The molecule has 4 heteroatoms. The third-order valence-electron chi connectivity index (χ3n) is 2.49. The van der Waals surface area contributed by atoms with Gasteiger partial charge in [0.25, 0.3) is 5.91 Å². The molecule has 0 saturated carbocycles. The van der Waals surface area contributed by atoms with E-state index in [1.54, 1.807) is 12.3 Å². The highest BCUT2D eigenvalue weighted by atomic mass is 16.1. The first kappa shape index (κ1) is 13.4. The SMILES string of the molecule is C/C=C/CCNC(=O)c1cc(N)cn1C(C)C. The Labute approximate surface area is 102 Å². The van der Waals surface area contributed by atoms with Crippen LogP contribution in [0.3, 0.4) is 0 Å². The Bertz CT molecular complexity index is 405. The van der Waals surface area contributed by atoms with Crippen LogP contribution < -0.4 is 11.1 Å². The average molecular weight is 235 g/mol. The second kappa shape index (κ2) is 6.13. The highest BCUT2D eigenvalue weighted by Crippen LogP contribution is 2.16. The van der Waals surface area contributed by atoms with Gasteiger partial charge in [-0.15, -0.1) is 0 Å². The van der Waals surface area contributed by atoms with Gasteiger partial charge >= 0.3 is 0 Å². The van der Waals surface area contributed by atoms with Crippen molar-refractivity contribution in [1.29, 1.82) is 0 Å². The quantitative estimate of drug-likeness (QED) is 0.608. The van der Waals surface area contributed by atoms with Gasteiger partial charge in [-0.2, -0.15) is 0 Å². The first-order chi connectivity index (χ1) is 8.06. The van der Waals surface area contributed by atoms with Crippen molar-refractivity contribution >= 4 is 11.6 Å². The normalized spacial score (nSPS) is 11.3. The van der Waals surface area contributed by atoms with Crippen LogP contribution in [0.5, 0.6) is 0 Å². The molecule has 1 amide bonds. The van der Waals surface area contributed by atoms with E-state index in [1.807, 2.05) is 37.5 Å². The van der Waals surface area contributed by atoms with E-state index in [0.29, 0.717) is 17.9 Å². The second-order valence-corrected chi connectivity index (χ2v) is 4.27. The van der Waals surface area contributed by atoms with E-state index >= 15 is 0 Å². The van der Waals surface area contributed by atoms with Gasteiger partial charge in [0.15, 0.2) is 0 Å². The Morgan fingerprint density at radius 2 is 2.29 bits per heavy atom. The van der Waals surface area contributed by atoms with Crippen molar-refractivity contribution < 1.29 is 4.79 Å². The number of allylic oxidation sites excluding steroid dienone is 1. The number of nitrogens with two attached hydrogens (primary N) is 1. The predicted molar refractivity (Wildman–Crippen MR) is 71.0 cm³/mol. The lowest BCUT2D eigenvalue weighted by molar-refractivity contribution is 0.0943. The van der Waals surface area contributed by atoms with E-state index in [1.165, 1.54) is 0 Å². The van der Waals surface area contributed by atoms with Crippen molar-refractivity contribution in [2.45, 2.75) is 33.2 Å². The molecule has 4 nitrogen and oxygen atoms in total. The van der Waals surface area contributed by atoms with Crippen molar-refractivity contribution in [1.82, 2.24) is 9.88 Å². The first-order valence-electron chi connectivity index (χ1n) is 5.93. The van der Waals surface area contributed by atoms with E-state index in [-0.39, 0.29) is 11.9 Å². The maximum absolute atomic E-state index is 11.9. The van der Waals surface area contributed by atoms with Crippen molar-refractivity contribution in [3.05, 3.63) is 30.1 Å². The maximum atomic E-state index is 11.9. The Kier molecular flexibility index (Phi) is 4.82. The van der Waals surface area contributed by atoms with Crippen LogP contribution in [0, 0.1) is 0 Å². The molecule has 1 aromatic rings. The molecule has 0 fully saturated rings. The monoisotopic (exact) mass is 235 g/mol. The van der Waals surface area contributed by atoms with Gasteiger partial charge in [-0.3, -0.25) is 4.79 Å². The summed E-state index contributed by atoms with van der Waals surface area (Å²) in [6, 6.07) is 1.94.